The molecule has 0 saturated heterocycles. The van der Waals surface area contributed by atoms with Crippen molar-refractivity contribution in [3.05, 3.63) is 24.3 Å². The van der Waals surface area contributed by atoms with Crippen LogP contribution in [0.1, 0.15) is 400 Å². The van der Waals surface area contributed by atoms with Crippen molar-refractivity contribution in [2.24, 2.45) is 0 Å². The van der Waals surface area contributed by atoms with Crippen molar-refractivity contribution >= 4 is 17.9 Å². The third-order valence-corrected chi connectivity index (χ3v) is 16.2. The molecule has 0 rings (SSSR count). The van der Waals surface area contributed by atoms with Gasteiger partial charge in [0.15, 0.2) is 6.10 Å². The summed E-state index contributed by atoms with van der Waals surface area (Å²) in [4.78, 5) is 38.2. The molecule has 460 valence electrons. The molecule has 0 saturated carbocycles. The maximum absolute atomic E-state index is 12.9. The Labute approximate surface area is 487 Å². The van der Waals surface area contributed by atoms with E-state index < -0.39 is 6.10 Å². The number of carbonyl (C=O) groups is 3. The second-order valence-electron chi connectivity index (χ2n) is 24.2. The number of hydrogen-bond donors (Lipinski definition) is 0. The second kappa shape index (κ2) is 67.4. The highest BCUT2D eigenvalue weighted by Gasteiger charge is 2.19. The van der Waals surface area contributed by atoms with Gasteiger partial charge in [-0.3, -0.25) is 14.4 Å². The number of hydrogen-bond acceptors (Lipinski definition) is 6. The molecule has 0 fully saturated rings. The van der Waals surface area contributed by atoms with E-state index in [0.29, 0.717) is 19.3 Å². The van der Waals surface area contributed by atoms with Crippen molar-refractivity contribution in [2.45, 2.75) is 406 Å². The summed E-state index contributed by atoms with van der Waals surface area (Å²) >= 11 is 0. The topological polar surface area (TPSA) is 78.9 Å². The number of carbonyl (C=O) groups excluding carboxylic acids is 3. The van der Waals surface area contributed by atoms with E-state index in [0.717, 1.165) is 64.2 Å². The molecule has 0 spiro atoms. The molecule has 0 N–H and O–H groups in total. The quantitative estimate of drug-likeness (QED) is 0.0261. The Morgan fingerprint density at radius 2 is 0.462 bits per heavy atom. The predicted octanol–water partition coefficient (Wildman–Crippen LogP) is 24.2. The average Bonchev–Trinajstić information content (AvgIpc) is 3.44. The third-order valence-electron chi connectivity index (χ3n) is 16.2. The lowest BCUT2D eigenvalue weighted by atomic mass is 10.0. The van der Waals surface area contributed by atoms with Gasteiger partial charge in [0.1, 0.15) is 13.2 Å². The lowest BCUT2D eigenvalue weighted by Crippen LogP contribution is -2.30. The SMILES string of the molecule is CCCCCCC/C=C\C/C=C\CCCCCCCCCCCCCCCCCCCCCCCCCC(=O)OCC(COC(=O)CCCCCCCCCCCCCC)OC(=O)CCCCCCCCCCCCCCC. The van der Waals surface area contributed by atoms with Gasteiger partial charge in [0.2, 0.25) is 0 Å². The van der Waals surface area contributed by atoms with Gasteiger partial charge in [-0.2, -0.15) is 0 Å². The van der Waals surface area contributed by atoms with Crippen molar-refractivity contribution in [3.63, 3.8) is 0 Å². The van der Waals surface area contributed by atoms with Gasteiger partial charge in [0, 0.05) is 19.3 Å². The van der Waals surface area contributed by atoms with Crippen molar-refractivity contribution in [3.8, 4) is 0 Å². The highest BCUT2D eigenvalue weighted by Crippen LogP contribution is 2.19. The number of ether oxygens (including phenoxy) is 3. The summed E-state index contributed by atoms with van der Waals surface area (Å²) in [6.45, 7) is 6.69. The smallest absolute Gasteiger partial charge is 0.306 e. The lowest BCUT2D eigenvalue weighted by Gasteiger charge is -2.18. The molecule has 0 aliphatic heterocycles. The van der Waals surface area contributed by atoms with Crippen molar-refractivity contribution < 1.29 is 28.6 Å². The highest BCUT2D eigenvalue weighted by molar-refractivity contribution is 5.71. The molecule has 1 unspecified atom stereocenters. The second-order valence-corrected chi connectivity index (χ2v) is 24.2. The highest BCUT2D eigenvalue weighted by atomic mass is 16.6. The van der Waals surface area contributed by atoms with E-state index in [1.165, 1.54) is 295 Å². The van der Waals surface area contributed by atoms with Gasteiger partial charge >= 0.3 is 17.9 Å². The summed E-state index contributed by atoms with van der Waals surface area (Å²) in [5, 5.41) is 0. The summed E-state index contributed by atoms with van der Waals surface area (Å²) in [5.74, 6) is -0.833. The summed E-state index contributed by atoms with van der Waals surface area (Å²) in [6.07, 6.45) is 82.3. The Bertz CT molecular complexity index is 1260. The van der Waals surface area contributed by atoms with Crippen LogP contribution < -0.4 is 0 Å². The number of rotatable bonds is 66. The summed E-state index contributed by atoms with van der Waals surface area (Å²) < 4.78 is 16.9. The zero-order valence-corrected chi connectivity index (χ0v) is 53.0. The molecule has 0 radical (unpaired) electrons. The Hall–Kier alpha value is -2.11. The Morgan fingerprint density at radius 3 is 0.705 bits per heavy atom. The maximum atomic E-state index is 12.9. The first-order valence-electron chi connectivity index (χ1n) is 35.3. The van der Waals surface area contributed by atoms with E-state index in [9.17, 15) is 14.4 Å². The monoisotopic (exact) mass is 1100 g/mol. The molecule has 0 aliphatic carbocycles. The van der Waals surface area contributed by atoms with E-state index in [1.54, 1.807) is 0 Å². The molecule has 0 heterocycles. The van der Waals surface area contributed by atoms with Crippen molar-refractivity contribution in [1.29, 1.82) is 0 Å². The minimum Gasteiger partial charge on any atom is -0.462 e. The minimum absolute atomic E-state index is 0.0629. The van der Waals surface area contributed by atoms with Crippen LogP contribution in [-0.2, 0) is 28.6 Å². The molecule has 1 atom stereocenters. The van der Waals surface area contributed by atoms with Gasteiger partial charge in [-0.25, -0.2) is 0 Å². The first-order valence-corrected chi connectivity index (χ1v) is 35.3. The standard InChI is InChI=1S/C72H136O6/c1-4-7-10-13-16-19-22-25-26-27-28-29-30-31-32-33-34-35-36-37-38-39-40-41-42-43-44-45-46-48-50-53-56-59-62-65-71(74)77-68-69(67-76-70(73)64-61-58-55-52-49-24-21-18-15-12-9-6-3)78-72(75)66-63-60-57-54-51-47-23-20-17-14-11-8-5-2/h22,25,27-28,69H,4-21,23-24,26,29-68H2,1-3H3/b25-22-,28-27-. The molecule has 0 bridgehead atoms. The number of unbranched alkanes of at least 4 members (excludes halogenated alkanes) is 51. The summed E-state index contributed by atoms with van der Waals surface area (Å²) in [5.41, 5.74) is 0. The van der Waals surface area contributed by atoms with E-state index in [-0.39, 0.29) is 31.1 Å². The van der Waals surface area contributed by atoms with Crippen LogP contribution in [0.3, 0.4) is 0 Å². The van der Waals surface area contributed by atoms with Gasteiger partial charge in [0.25, 0.3) is 0 Å². The fraction of sp³-hybridized carbons (Fsp3) is 0.903. The van der Waals surface area contributed by atoms with Crippen LogP contribution in [-0.4, -0.2) is 37.2 Å². The zero-order chi connectivity index (χ0) is 56.4. The lowest BCUT2D eigenvalue weighted by molar-refractivity contribution is -0.167. The largest absolute Gasteiger partial charge is 0.462 e. The fourth-order valence-electron chi connectivity index (χ4n) is 10.9. The van der Waals surface area contributed by atoms with Crippen LogP contribution in [0, 0.1) is 0 Å². The Kier molecular flexibility index (Phi) is 65.6. The molecule has 78 heavy (non-hydrogen) atoms. The predicted molar refractivity (Wildman–Crippen MR) is 340 cm³/mol. The van der Waals surface area contributed by atoms with Gasteiger partial charge in [-0.15, -0.1) is 0 Å². The summed E-state index contributed by atoms with van der Waals surface area (Å²) in [7, 11) is 0. The molecule has 0 amide bonds. The first-order chi connectivity index (χ1) is 38.5. The molecule has 0 aromatic rings. The molecule has 0 aromatic carbocycles. The minimum atomic E-state index is -0.764. The summed E-state index contributed by atoms with van der Waals surface area (Å²) in [6, 6.07) is 0. The molecule has 0 aliphatic rings. The van der Waals surface area contributed by atoms with Gasteiger partial charge in [-0.1, -0.05) is 353 Å². The van der Waals surface area contributed by atoms with Crippen LogP contribution >= 0.6 is 0 Å². The normalized spacial score (nSPS) is 12.1. The fourth-order valence-corrected chi connectivity index (χ4v) is 10.9. The third kappa shape index (κ3) is 64.7. The van der Waals surface area contributed by atoms with E-state index in [2.05, 4.69) is 45.1 Å². The maximum Gasteiger partial charge on any atom is 0.306 e. The van der Waals surface area contributed by atoms with Gasteiger partial charge < -0.3 is 14.2 Å². The molecular weight excluding hydrogens is 961 g/mol. The van der Waals surface area contributed by atoms with Crippen LogP contribution in [0.5, 0.6) is 0 Å². The molecule has 6 heteroatoms. The van der Waals surface area contributed by atoms with Gasteiger partial charge in [0.05, 0.1) is 0 Å². The van der Waals surface area contributed by atoms with Crippen molar-refractivity contribution in [1.82, 2.24) is 0 Å². The van der Waals surface area contributed by atoms with Crippen LogP contribution in [0.25, 0.3) is 0 Å². The first kappa shape index (κ1) is 75.9. The van der Waals surface area contributed by atoms with Crippen molar-refractivity contribution in [2.75, 3.05) is 13.2 Å². The molecule has 0 aromatic heterocycles. The molecule has 6 nitrogen and oxygen atoms in total. The number of allylic oxidation sites excluding steroid dienone is 4. The van der Waals surface area contributed by atoms with Crippen LogP contribution in [0.4, 0.5) is 0 Å². The average molecular weight is 1100 g/mol. The zero-order valence-electron chi connectivity index (χ0n) is 53.0. The van der Waals surface area contributed by atoms with E-state index in [1.807, 2.05) is 0 Å². The molecular formula is C72H136O6. The van der Waals surface area contributed by atoms with E-state index >= 15 is 0 Å². The number of esters is 3. The van der Waals surface area contributed by atoms with Crippen LogP contribution in [0.2, 0.25) is 0 Å². The van der Waals surface area contributed by atoms with E-state index in [4.69, 9.17) is 14.2 Å². The Balaban J connectivity index is 3.98. The van der Waals surface area contributed by atoms with Gasteiger partial charge in [-0.05, 0) is 51.4 Å². The Morgan fingerprint density at radius 1 is 0.256 bits per heavy atom. The van der Waals surface area contributed by atoms with Crippen LogP contribution in [0.15, 0.2) is 24.3 Å².